The highest BCUT2D eigenvalue weighted by atomic mass is 16.5. The van der Waals surface area contributed by atoms with Crippen molar-refractivity contribution in [3.8, 4) is 0 Å². The molecule has 1 aromatic rings. The van der Waals surface area contributed by atoms with E-state index in [4.69, 9.17) is 4.74 Å². The number of nitrogens with zero attached hydrogens (tertiary/aromatic N) is 3. The molecule has 0 spiro atoms. The molecule has 0 aromatic carbocycles. The van der Waals surface area contributed by atoms with Gasteiger partial charge in [0.05, 0.1) is 18.8 Å². The molecule has 2 saturated heterocycles. The number of hydrogen-bond donors (Lipinski definition) is 0. The summed E-state index contributed by atoms with van der Waals surface area (Å²) in [7, 11) is 0. The van der Waals surface area contributed by atoms with Gasteiger partial charge < -0.3 is 14.5 Å². The fourth-order valence-corrected chi connectivity index (χ4v) is 3.05. The van der Waals surface area contributed by atoms with Gasteiger partial charge in [-0.25, -0.2) is 4.98 Å². The van der Waals surface area contributed by atoms with Crippen LogP contribution >= 0.6 is 0 Å². The van der Waals surface area contributed by atoms with Gasteiger partial charge in [-0.15, -0.1) is 0 Å². The smallest absolute Gasteiger partial charge is 0.255 e. The van der Waals surface area contributed by atoms with E-state index in [1.807, 2.05) is 17.0 Å². The van der Waals surface area contributed by atoms with E-state index >= 15 is 0 Å². The summed E-state index contributed by atoms with van der Waals surface area (Å²) in [4.78, 5) is 21.0. The molecule has 2 fully saturated rings. The monoisotopic (exact) mass is 289 g/mol. The number of carbonyl (C=O) groups is 1. The molecular weight excluding hydrogens is 266 g/mol. The average Bonchev–Trinajstić information content (AvgIpc) is 2.55. The van der Waals surface area contributed by atoms with Crippen LogP contribution < -0.4 is 4.90 Å². The van der Waals surface area contributed by atoms with E-state index in [0.29, 0.717) is 31.9 Å². The molecule has 5 nitrogen and oxygen atoms in total. The van der Waals surface area contributed by atoms with Gasteiger partial charge in [-0.3, -0.25) is 4.79 Å². The Balaban J connectivity index is 1.67. The van der Waals surface area contributed by atoms with Gasteiger partial charge in [0.1, 0.15) is 5.82 Å². The van der Waals surface area contributed by atoms with E-state index in [-0.39, 0.29) is 5.91 Å². The summed E-state index contributed by atoms with van der Waals surface area (Å²) >= 11 is 0. The summed E-state index contributed by atoms with van der Waals surface area (Å²) in [5.74, 6) is 1.76. The second-order valence-corrected chi connectivity index (χ2v) is 6.00. The number of aromatic nitrogens is 1. The van der Waals surface area contributed by atoms with Crippen LogP contribution in [0.2, 0.25) is 0 Å². The molecule has 0 N–H and O–H groups in total. The van der Waals surface area contributed by atoms with Crippen molar-refractivity contribution in [3.05, 3.63) is 23.9 Å². The second-order valence-electron chi connectivity index (χ2n) is 6.00. The molecular formula is C16H23N3O2. The normalized spacial score (nSPS) is 23.2. The Kier molecular flexibility index (Phi) is 4.39. The molecule has 0 aliphatic carbocycles. The van der Waals surface area contributed by atoms with Gasteiger partial charge in [0.25, 0.3) is 5.91 Å². The van der Waals surface area contributed by atoms with E-state index in [1.54, 1.807) is 6.20 Å². The Labute approximate surface area is 125 Å². The number of amides is 1. The second kappa shape index (κ2) is 6.43. The Morgan fingerprint density at radius 1 is 1.29 bits per heavy atom. The number of carbonyl (C=O) groups excluding carboxylic acids is 1. The molecule has 1 unspecified atom stereocenters. The van der Waals surface area contributed by atoms with Gasteiger partial charge >= 0.3 is 0 Å². The SMILES string of the molecule is CC1CCCN(c2ccc(C(=O)N3CCOCC3)cn2)C1. The highest BCUT2D eigenvalue weighted by Crippen LogP contribution is 2.21. The molecule has 2 aliphatic rings. The van der Waals surface area contributed by atoms with Crippen molar-refractivity contribution in [1.82, 2.24) is 9.88 Å². The van der Waals surface area contributed by atoms with Crippen LogP contribution in [0.25, 0.3) is 0 Å². The first-order valence-electron chi connectivity index (χ1n) is 7.82. The highest BCUT2D eigenvalue weighted by molar-refractivity contribution is 5.94. The molecule has 1 amide bonds. The molecule has 1 atom stereocenters. The third-order valence-electron chi connectivity index (χ3n) is 4.27. The minimum absolute atomic E-state index is 0.0596. The van der Waals surface area contributed by atoms with Gasteiger partial charge in [0.2, 0.25) is 0 Å². The van der Waals surface area contributed by atoms with Crippen molar-refractivity contribution in [1.29, 1.82) is 0 Å². The Bertz CT molecular complexity index is 483. The number of ether oxygens (including phenoxy) is 1. The van der Waals surface area contributed by atoms with Gasteiger partial charge in [-0.2, -0.15) is 0 Å². The number of morpholine rings is 1. The molecule has 1 aromatic heterocycles. The maximum Gasteiger partial charge on any atom is 0.255 e. The van der Waals surface area contributed by atoms with Gasteiger partial charge in [-0.05, 0) is 30.9 Å². The van der Waals surface area contributed by atoms with Crippen molar-refractivity contribution in [2.45, 2.75) is 19.8 Å². The molecule has 3 rings (SSSR count). The lowest BCUT2D eigenvalue weighted by molar-refractivity contribution is 0.0302. The molecule has 5 heteroatoms. The minimum atomic E-state index is 0.0596. The number of rotatable bonds is 2. The van der Waals surface area contributed by atoms with Crippen molar-refractivity contribution < 1.29 is 9.53 Å². The van der Waals surface area contributed by atoms with E-state index in [0.717, 1.165) is 24.8 Å². The fourth-order valence-electron chi connectivity index (χ4n) is 3.05. The summed E-state index contributed by atoms with van der Waals surface area (Å²) in [5, 5.41) is 0. The van der Waals surface area contributed by atoms with Gasteiger partial charge in [0.15, 0.2) is 0 Å². The molecule has 0 radical (unpaired) electrons. The Morgan fingerprint density at radius 2 is 2.10 bits per heavy atom. The van der Waals surface area contributed by atoms with Crippen molar-refractivity contribution in [3.63, 3.8) is 0 Å². The third-order valence-corrected chi connectivity index (χ3v) is 4.27. The first-order chi connectivity index (χ1) is 10.2. The van der Waals surface area contributed by atoms with E-state index in [2.05, 4.69) is 16.8 Å². The summed E-state index contributed by atoms with van der Waals surface area (Å²) in [6.45, 7) is 7.00. The quantitative estimate of drug-likeness (QED) is 0.833. The minimum Gasteiger partial charge on any atom is -0.378 e. The molecule has 3 heterocycles. The van der Waals surface area contributed by atoms with Gasteiger partial charge in [-0.1, -0.05) is 6.92 Å². The fraction of sp³-hybridized carbons (Fsp3) is 0.625. The maximum absolute atomic E-state index is 12.4. The number of pyridine rings is 1. The molecule has 21 heavy (non-hydrogen) atoms. The summed E-state index contributed by atoms with van der Waals surface area (Å²) in [6.07, 6.45) is 4.23. The van der Waals surface area contributed by atoms with Crippen LogP contribution in [-0.2, 0) is 4.74 Å². The van der Waals surface area contributed by atoms with Crippen LogP contribution in [0, 0.1) is 5.92 Å². The van der Waals surface area contributed by atoms with Crippen molar-refractivity contribution in [2.75, 3.05) is 44.3 Å². The number of piperidine rings is 1. The van der Waals surface area contributed by atoms with E-state index in [9.17, 15) is 4.79 Å². The largest absolute Gasteiger partial charge is 0.378 e. The van der Waals surface area contributed by atoms with Crippen LogP contribution in [0.4, 0.5) is 5.82 Å². The lowest BCUT2D eigenvalue weighted by atomic mass is 10.0. The van der Waals surface area contributed by atoms with Crippen LogP contribution in [0.5, 0.6) is 0 Å². The maximum atomic E-state index is 12.4. The standard InChI is InChI=1S/C16H23N3O2/c1-13-3-2-6-19(12-13)15-5-4-14(11-17-15)16(20)18-7-9-21-10-8-18/h4-5,11,13H,2-3,6-10,12H2,1H3. The average molecular weight is 289 g/mol. The summed E-state index contributed by atoms with van der Waals surface area (Å²) < 4.78 is 5.28. The van der Waals surface area contributed by atoms with Crippen molar-refractivity contribution in [2.24, 2.45) is 5.92 Å². The third kappa shape index (κ3) is 3.35. The van der Waals surface area contributed by atoms with Crippen LogP contribution in [0.1, 0.15) is 30.1 Å². The zero-order chi connectivity index (χ0) is 14.7. The predicted molar refractivity (Wildman–Crippen MR) is 81.6 cm³/mol. The van der Waals surface area contributed by atoms with Crippen molar-refractivity contribution >= 4 is 11.7 Å². The first-order valence-corrected chi connectivity index (χ1v) is 7.82. The summed E-state index contributed by atoms with van der Waals surface area (Å²) in [6, 6.07) is 3.88. The highest BCUT2D eigenvalue weighted by Gasteiger charge is 2.20. The molecule has 0 saturated carbocycles. The predicted octanol–water partition coefficient (Wildman–Crippen LogP) is 1.79. The molecule has 114 valence electrons. The van der Waals surface area contributed by atoms with E-state index in [1.165, 1.54) is 12.8 Å². The Hall–Kier alpha value is -1.62. The molecule has 0 bridgehead atoms. The van der Waals surface area contributed by atoms with Crippen LogP contribution in [-0.4, -0.2) is 55.2 Å². The number of hydrogen-bond acceptors (Lipinski definition) is 4. The van der Waals surface area contributed by atoms with Gasteiger partial charge in [0, 0.05) is 32.4 Å². The lowest BCUT2D eigenvalue weighted by Crippen LogP contribution is -2.40. The zero-order valence-electron chi connectivity index (χ0n) is 12.6. The van der Waals surface area contributed by atoms with Crippen LogP contribution in [0.15, 0.2) is 18.3 Å². The Morgan fingerprint density at radius 3 is 2.76 bits per heavy atom. The summed E-state index contributed by atoms with van der Waals surface area (Å²) in [5.41, 5.74) is 0.672. The number of anilines is 1. The topological polar surface area (TPSA) is 45.7 Å². The van der Waals surface area contributed by atoms with E-state index < -0.39 is 0 Å². The lowest BCUT2D eigenvalue weighted by Gasteiger charge is -2.32. The zero-order valence-corrected chi connectivity index (χ0v) is 12.6. The molecule has 2 aliphatic heterocycles. The first kappa shape index (κ1) is 14.3. The van der Waals surface area contributed by atoms with Crippen LogP contribution in [0.3, 0.4) is 0 Å².